The standard InChI is InChI=1S/C22H21N3O2/c1-15-9-10-18(16(2)12-15)22(27)25-20-8-4-3-7-19(20)21(26)24-14-17-6-5-11-23-13-17/h3-13H,14H2,1-2H3,(H,24,26)(H,25,27). The number of amides is 2. The van der Waals surface area contributed by atoms with E-state index in [1.54, 1.807) is 42.7 Å². The molecule has 5 heteroatoms. The van der Waals surface area contributed by atoms with Crippen molar-refractivity contribution in [3.05, 3.63) is 94.8 Å². The van der Waals surface area contributed by atoms with Crippen molar-refractivity contribution in [3.8, 4) is 0 Å². The van der Waals surface area contributed by atoms with Gasteiger partial charge in [0.25, 0.3) is 11.8 Å². The molecule has 3 rings (SSSR count). The van der Waals surface area contributed by atoms with E-state index in [4.69, 9.17) is 0 Å². The normalized spacial score (nSPS) is 10.3. The van der Waals surface area contributed by atoms with E-state index in [-0.39, 0.29) is 11.8 Å². The molecule has 27 heavy (non-hydrogen) atoms. The van der Waals surface area contributed by atoms with Crippen LogP contribution in [-0.2, 0) is 6.54 Å². The van der Waals surface area contributed by atoms with Gasteiger partial charge in [0.1, 0.15) is 0 Å². The summed E-state index contributed by atoms with van der Waals surface area (Å²) in [5, 5.41) is 5.71. The van der Waals surface area contributed by atoms with Crippen LogP contribution < -0.4 is 10.6 Å². The molecule has 0 atom stereocenters. The van der Waals surface area contributed by atoms with Crippen LogP contribution in [0.2, 0.25) is 0 Å². The zero-order valence-electron chi connectivity index (χ0n) is 15.3. The van der Waals surface area contributed by atoms with Crippen molar-refractivity contribution in [2.24, 2.45) is 0 Å². The predicted molar refractivity (Wildman–Crippen MR) is 106 cm³/mol. The first-order chi connectivity index (χ1) is 13.0. The molecule has 1 heterocycles. The molecule has 0 saturated carbocycles. The van der Waals surface area contributed by atoms with Gasteiger partial charge in [-0.3, -0.25) is 14.6 Å². The van der Waals surface area contributed by atoms with Crippen molar-refractivity contribution < 1.29 is 9.59 Å². The molecule has 2 aromatic carbocycles. The second-order valence-electron chi connectivity index (χ2n) is 6.36. The van der Waals surface area contributed by atoms with E-state index in [0.29, 0.717) is 23.4 Å². The van der Waals surface area contributed by atoms with Crippen molar-refractivity contribution in [2.45, 2.75) is 20.4 Å². The van der Waals surface area contributed by atoms with Crippen LogP contribution in [0.1, 0.15) is 37.4 Å². The number of hydrogen-bond donors (Lipinski definition) is 2. The lowest BCUT2D eigenvalue weighted by molar-refractivity contribution is 0.0951. The van der Waals surface area contributed by atoms with Crippen molar-refractivity contribution in [1.82, 2.24) is 10.3 Å². The third-order valence-corrected chi connectivity index (χ3v) is 4.22. The molecule has 3 aromatic rings. The summed E-state index contributed by atoms with van der Waals surface area (Å²) in [6, 6.07) is 16.3. The number of pyridine rings is 1. The van der Waals surface area contributed by atoms with Crippen LogP contribution in [0.4, 0.5) is 5.69 Å². The molecule has 136 valence electrons. The Bertz CT molecular complexity index is 968. The van der Waals surface area contributed by atoms with Crippen LogP contribution in [0.3, 0.4) is 0 Å². The molecule has 1 aromatic heterocycles. The van der Waals surface area contributed by atoms with Gasteiger partial charge in [-0.05, 0) is 49.2 Å². The monoisotopic (exact) mass is 359 g/mol. The fourth-order valence-electron chi connectivity index (χ4n) is 2.83. The Balaban J connectivity index is 1.75. The van der Waals surface area contributed by atoms with E-state index >= 15 is 0 Å². The molecular weight excluding hydrogens is 338 g/mol. The van der Waals surface area contributed by atoms with Gasteiger partial charge in [0.2, 0.25) is 0 Å². The summed E-state index contributed by atoms with van der Waals surface area (Å²) in [7, 11) is 0. The lowest BCUT2D eigenvalue weighted by Crippen LogP contribution is -2.25. The zero-order valence-corrected chi connectivity index (χ0v) is 15.3. The van der Waals surface area contributed by atoms with Gasteiger partial charge in [-0.15, -0.1) is 0 Å². The van der Waals surface area contributed by atoms with Crippen LogP contribution in [0, 0.1) is 13.8 Å². The first-order valence-electron chi connectivity index (χ1n) is 8.69. The number of nitrogens with zero attached hydrogens (tertiary/aromatic N) is 1. The maximum Gasteiger partial charge on any atom is 0.255 e. The lowest BCUT2D eigenvalue weighted by atomic mass is 10.0. The maximum atomic E-state index is 12.6. The number of carbonyl (C=O) groups is 2. The summed E-state index contributed by atoms with van der Waals surface area (Å²) in [5.41, 5.74) is 4.38. The number of benzene rings is 2. The molecule has 2 N–H and O–H groups in total. The quantitative estimate of drug-likeness (QED) is 0.726. The van der Waals surface area contributed by atoms with Gasteiger partial charge in [-0.1, -0.05) is 35.9 Å². The van der Waals surface area contributed by atoms with E-state index in [9.17, 15) is 9.59 Å². The molecule has 0 aliphatic rings. The van der Waals surface area contributed by atoms with Crippen molar-refractivity contribution in [2.75, 3.05) is 5.32 Å². The van der Waals surface area contributed by atoms with Gasteiger partial charge >= 0.3 is 0 Å². The average Bonchev–Trinajstić information content (AvgIpc) is 2.67. The molecule has 0 aliphatic carbocycles. The van der Waals surface area contributed by atoms with Crippen molar-refractivity contribution in [3.63, 3.8) is 0 Å². The molecular formula is C22H21N3O2. The van der Waals surface area contributed by atoms with Crippen LogP contribution in [-0.4, -0.2) is 16.8 Å². The fraction of sp³-hybridized carbons (Fsp3) is 0.136. The molecule has 0 bridgehead atoms. The summed E-state index contributed by atoms with van der Waals surface area (Å²) < 4.78 is 0. The van der Waals surface area contributed by atoms with Crippen molar-refractivity contribution >= 4 is 17.5 Å². The fourth-order valence-corrected chi connectivity index (χ4v) is 2.83. The second-order valence-corrected chi connectivity index (χ2v) is 6.36. The predicted octanol–water partition coefficient (Wildman–Crippen LogP) is 3.88. The Kier molecular flexibility index (Phi) is 5.61. The molecule has 0 radical (unpaired) electrons. The minimum Gasteiger partial charge on any atom is -0.348 e. The number of anilines is 1. The molecule has 0 spiro atoms. The number of hydrogen-bond acceptors (Lipinski definition) is 3. The van der Waals surface area contributed by atoms with Gasteiger partial charge in [-0.2, -0.15) is 0 Å². The average molecular weight is 359 g/mol. The molecule has 0 saturated heterocycles. The van der Waals surface area contributed by atoms with Gasteiger partial charge in [0.15, 0.2) is 0 Å². The maximum absolute atomic E-state index is 12.6. The first-order valence-corrected chi connectivity index (χ1v) is 8.69. The lowest BCUT2D eigenvalue weighted by Gasteiger charge is -2.13. The highest BCUT2D eigenvalue weighted by molar-refractivity contribution is 6.09. The summed E-state index contributed by atoms with van der Waals surface area (Å²) in [4.78, 5) is 29.3. The Morgan fingerprint density at radius 1 is 0.926 bits per heavy atom. The van der Waals surface area contributed by atoms with E-state index in [2.05, 4.69) is 15.6 Å². The number of rotatable bonds is 5. The largest absolute Gasteiger partial charge is 0.348 e. The number of aromatic nitrogens is 1. The Labute approximate surface area is 158 Å². The van der Waals surface area contributed by atoms with Crippen molar-refractivity contribution in [1.29, 1.82) is 0 Å². The van der Waals surface area contributed by atoms with Gasteiger partial charge in [-0.25, -0.2) is 0 Å². The third kappa shape index (κ3) is 4.58. The first kappa shape index (κ1) is 18.3. The van der Waals surface area contributed by atoms with E-state index in [1.807, 2.05) is 38.1 Å². The SMILES string of the molecule is Cc1ccc(C(=O)Nc2ccccc2C(=O)NCc2cccnc2)c(C)c1. The minimum atomic E-state index is -0.254. The summed E-state index contributed by atoms with van der Waals surface area (Å²) in [6.07, 6.45) is 3.39. The van der Waals surface area contributed by atoms with Crippen LogP contribution in [0.15, 0.2) is 67.0 Å². The molecule has 0 aliphatic heterocycles. The number of carbonyl (C=O) groups excluding carboxylic acids is 2. The molecule has 5 nitrogen and oxygen atoms in total. The highest BCUT2D eigenvalue weighted by Crippen LogP contribution is 2.18. The summed E-state index contributed by atoms with van der Waals surface area (Å²) >= 11 is 0. The minimum absolute atomic E-state index is 0.236. The third-order valence-electron chi connectivity index (χ3n) is 4.22. The topological polar surface area (TPSA) is 71.1 Å². The van der Waals surface area contributed by atoms with Crippen LogP contribution in [0.25, 0.3) is 0 Å². The Morgan fingerprint density at radius 3 is 2.48 bits per heavy atom. The van der Waals surface area contributed by atoms with Crippen LogP contribution >= 0.6 is 0 Å². The number of nitrogens with one attached hydrogen (secondary N) is 2. The van der Waals surface area contributed by atoms with Gasteiger partial charge in [0, 0.05) is 24.5 Å². The number of aryl methyl sites for hydroxylation is 2. The second kappa shape index (κ2) is 8.27. The highest BCUT2D eigenvalue weighted by atomic mass is 16.2. The Hall–Kier alpha value is -3.47. The smallest absolute Gasteiger partial charge is 0.255 e. The molecule has 0 fully saturated rings. The van der Waals surface area contributed by atoms with Crippen LogP contribution in [0.5, 0.6) is 0 Å². The Morgan fingerprint density at radius 2 is 1.74 bits per heavy atom. The van der Waals surface area contributed by atoms with Gasteiger partial charge < -0.3 is 10.6 Å². The van der Waals surface area contributed by atoms with Gasteiger partial charge in [0.05, 0.1) is 11.3 Å². The highest BCUT2D eigenvalue weighted by Gasteiger charge is 2.15. The van der Waals surface area contributed by atoms with E-state index in [0.717, 1.165) is 16.7 Å². The number of para-hydroxylation sites is 1. The summed E-state index contributed by atoms with van der Waals surface area (Å²) in [5.74, 6) is -0.490. The zero-order chi connectivity index (χ0) is 19.2. The molecule has 0 unspecified atom stereocenters. The molecule has 2 amide bonds. The van der Waals surface area contributed by atoms with E-state index in [1.165, 1.54) is 0 Å². The van der Waals surface area contributed by atoms with E-state index < -0.39 is 0 Å². The summed E-state index contributed by atoms with van der Waals surface area (Å²) in [6.45, 7) is 4.25.